The third kappa shape index (κ3) is 6.71. The molecule has 0 aliphatic carbocycles. The lowest BCUT2D eigenvalue weighted by Gasteiger charge is -2.16. The van der Waals surface area contributed by atoms with Crippen LogP contribution < -0.4 is 5.32 Å². The molecule has 19 heavy (non-hydrogen) atoms. The van der Waals surface area contributed by atoms with Crippen LogP contribution in [0, 0.1) is 0 Å². The number of rotatable bonds is 9. The van der Waals surface area contributed by atoms with E-state index in [1.807, 2.05) is 30.3 Å². The van der Waals surface area contributed by atoms with Gasteiger partial charge in [0.05, 0.1) is 12.4 Å². The Kier molecular flexibility index (Phi) is 7.05. The monoisotopic (exact) mass is 285 g/mol. The van der Waals surface area contributed by atoms with Gasteiger partial charge < -0.3 is 10.4 Å². The first-order chi connectivity index (χ1) is 9.07. The van der Waals surface area contributed by atoms with Crippen molar-refractivity contribution in [1.29, 1.82) is 0 Å². The summed E-state index contributed by atoms with van der Waals surface area (Å²) in [6.07, 6.45) is 1.33. The van der Waals surface area contributed by atoms with Gasteiger partial charge in [-0.05, 0) is 24.9 Å². The van der Waals surface area contributed by atoms with Crippen LogP contribution in [0.25, 0.3) is 0 Å². The Morgan fingerprint density at radius 3 is 2.53 bits per heavy atom. The van der Waals surface area contributed by atoms with Crippen LogP contribution >= 0.6 is 0 Å². The first kappa shape index (κ1) is 16.1. The molecule has 4 nitrogen and oxygen atoms in total. The summed E-state index contributed by atoms with van der Waals surface area (Å²) in [5.74, 6) is 0.403. The zero-order chi connectivity index (χ0) is 14.1. The van der Waals surface area contributed by atoms with Gasteiger partial charge in [0.15, 0.2) is 0 Å². The van der Waals surface area contributed by atoms with Crippen molar-refractivity contribution >= 4 is 9.84 Å². The number of hydrogen-bond acceptors (Lipinski definition) is 4. The summed E-state index contributed by atoms with van der Waals surface area (Å²) >= 11 is 0. The first-order valence-corrected chi connectivity index (χ1v) is 8.48. The Bertz CT molecular complexity index is 445. The maximum Gasteiger partial charge on any atom is 0.150 e. The minimum Gasteiger partial charge on any atom is -0.395 e. The number of aliphatic hydroxyl groups excluding tert-OH is 1. The average molecular weight is 285 g/mol. The molecule has 1 aromatic rings. The molecule has 0 spiro atoms. The summed E-state index contributed by atoms with van der Waals surface area (Å²) in [4.78, 5) is 0. The summed E-state index contributed by atoms with van der Waals surface area (Å²) in [5.41, 5.74) is 1.16. The zero-order valence-electron chi connectivity index (χ0n) is 11.4. The number of benzene rings is 1. The summed E-state index contributed by atoms with van der Waals surface area (Å²) in [6, 6.07) is 9.92. The molecule has 1 atom stereocenters. The van der Waals surface area contributed by atoms with Crippen molar-refractivity contribution in [2.45, 2.75) is 25.8 Å². The number of hydrogen-bond donors (Lipinski definition) is 2. The van der Waals surface area contributed by atoms with Gasteiger partial charge in [0, 0.05) is 11.8 Å². The van der Waals surface area contributed by atoms with E-state index in [-0.39, 0.29) is 24.2 Å². The smallest absolute Gasteiger partial charge is 0.150 e. The van der Waals surface area contributed by atoms with Crippen molar-refractivity contribution in [3.8, 4) is 0 Å². The second-order valence-corrected chi connectivity index (χ2v) is 7.09. The Balaban J connectivity index is 2.30. The molecule has 1 rings (SSSR count). The Morgan fingerprint density at radius 1 is 1.26 bits per heavy atom. The highest BCUT2D eigenvalue weighted by atomic mass is 32.2. The Hall–Kier alpha value is -0.910. The van der Waals surface area contributed by atoms with Crippen LogP contribution in [0.2, 0.25) is 0 Å². The molecule has 0 bridgehead atoms. The van der Waals surface area contributed by atoms with Crippen LogP contribution in [0.1, 0.15) is 18.9 Å². The summed E-state index contributed by atoms with van der Waals surface area (Å²) in [7, 11) is -2.89. The highest BCUT2D eigenvalue weighted by molar-refractivity contribution is 7.91. The van der Waals surface area contributed by atoms with Crippen LogP contribution in [-0.4, -0.2) is 44.2 Å². The van der Waals surface area contributed by atoms with Crippen LogP contribution in [-0.2, 0) is 16.3 Å². The predicted molar refractivity (Wildman–Crippen MR) is 78.0 cm³/mol. The molecule has 5 heteroatoms. The molecule has 0 saturated carbocycles. The first-order valence-electron chi connectivity index (χ1n) is 6.66. The van der Waals surface area contributed by atoms with E-state index in [4.69, 9.17) is 0 Å². The lowest BCUT2D eigenvalue weighted by atomic mass is 10.1. The van der Waals surface area contributed by atoms with Gasteiger partial charge in [0.1, 0.15) is 9.84 Å². The highest BCUT2D eigenvalue weighted by Crippen LogP contribution is 2.03. The number of aliphatic hydroxyl groups is 1. The molecule has 2 N–H and O–H groups in total. The summed E-state index contributed by atoms with van der Waals surface area (Å²) in [6.45, 7) is 2.32. The van der Waals surface area contributed by atoms with E-state index in [2.05, 4.69) is 5.32 Å². The van der Waals surface area contributed by atoms with Gasteiger partial charge in [0.25, 0.3) is 0 Å². The molecule has 0 aromatic heterocycles. The van der Waals surface area contributed by atoms with Gasteiger partial charge in [-0.15, -0.1) is 0 Å². The van der Waals surface area contributed by atoms with Crippen molar-refractivity contribution in [3.05, 3.63) is 35.9 Å². The molecule has 0 aliphatic heterocycles. The van der Waals surface area contributed by atoms with Gasteiger partial charge in [0.2, 0.25) is 0 Å². The third-order valence-corrected chi connectivity index (χ3v) is 4.84. The van der Waals surface area contributed by atoms with E-state index in [9.17, 15) is 13.5 Å². The standard InChI is InChI=1S/C14H23NO3S/c1-2-19(17,18)10-6-9-15-14(12-16)11-13-7-4-3-5-8-13/h3-5,7-8,14-16H,2,6,9-12H2,1H3. The van der Waals surface area contributed by atoms with Crippen molar-refractivity contribution in [3.63, 3.8) is 0 Å². The molecule has 1 aromatic carbocycles. The quantitative estimate of drug-likeness (QED) is 0.664. The maximum absolute atomic E-state index is 11.3. The zero-order valence-corrected chi connectivity index (χ0v) is 12.2. The third-order valence-electron chi connectivity index (χ3n) is 3.05. The van der Waals surface area contributed by atoms with Gasteiger partial charge in [-0.25, -0.2) is 8.42 Å². The molecule has 0 amide bonds. The minimum absolute atomic E-state index is 0.0215. The minimum atomic E-state index is -2.89. The lowest BCUT2D eigenvalue weighted by Crippen LogP contribution is -2.35. The average Bonchev–Trinajstić information content (AvgIpc) is 2.43. The summed E-state index contributed by atoms with van der Waals surface area (Å²) in [5, 5.41) is 12.5. The molecular weight excluding hydrogens is 262 g/mol. The van der Waals surface area contributed by atoms with Crippen molar-refractivity contribution < 1.29 is 13.5 Å². The second kappa shape index (κ2) is 8.30. The topological polar surface area (TPSA) is 66.4 Å². The van der Waals surface area contributed by atoms with E-state index >= 15 is 0 Å². The van der Waals surface area contributed by atoms with E-state index < -0.39 is 9.84 Å². The van der Waals surface area contributed by atoms with Crippen molar-refractivity contribution in [1.82, 2.24) is 5.32 Å². The van der Waals surface area contributed by atoms with Crippen LogP contribution in [0.4, 0.5) is 0 Å². The lowest BCUT2D eigenvalue weighted by molar-refractivity contribution is 0.242. The summed E-state index contributed by atoms with van der Waals surface area (Å²) < 4.78 is 22.7. The van der Waals surface area contributed by atoms with Gasteiger partial charge >= 0.3 is 0 Å². The van der Waals surface area contributed by atoms with E-state index in [0.29, 0.717) is 13.0 Å². The molecule has 0 saturated heterocycles. The van der Waals surface area contributed by atoms with Gasteiger partial charge in [-0.3, -0.25) is 0 Å². The normalized spacial score (nSPS) is 13.4. The van der Waals surface area contributed by atoms with Crippen LogP contribution in [0.5, 0.6) is 0 Å². The fourth-order valence-electron chi connectivity index (χ4n) is 1.84. The van der Waals surface area contributed by atoms with Gasteiger partial charge in [-0.1, -0.05) is 37.3 Å². The molecule has 0 aliphatic rings. The predicted octanol–water partition coefficient (Wildman–Crippen LogP) is 1.00. The van der Waals surface area contributed by atoms with Gasteiger partial charge in [-0.2, -0.15) is 0 Å². The number of sulfone groups is 1. The van der Waals surface area contributed by atoms with E-state index in [1.54, 1.807) is 6.92 Å². The Morgan fingerprint density at radius 2 is 1.95 bits per heavy atom. The largest absolute Gasteiger partial charge is 0.395 e. The van der Waals surface area contributed by atoms with Crippen LogP contribution in [0.3, 0.4) is 0 Å². The van der Waals surface area contributed by atoms with Crippen molar-refractivity contribution in [2.75, 3.05) is 24.7 Å². The van der Waals surface area contributed by atoms with E-state index in [1.165, 1.54) is 0 Å². The van der Waals surface area contributed by atoms with E-state index in [0.717, 1.165) is 12.0 Å². The molecule has 1 unspecified atom stereocenters. The second-order valence-electron chi connectivity index (χ2n) is 4.61. The Labute approximate surface area is 115 Å². The fourth-order valence-corrected chi connectivity index (χ4v) is 2.72. The molecule has 0 heterocycles. The van der Waals surface area contributed by atoms with Crippen LogP contribution in [0.15, 0.2) is 30.3 Å². The fraction of sp³-hybridized carbons (Fsp3) is 0.571. The maximum atomic E-state index is 11.3. The highest BCUT2D eigenvalue weighted by Gasteiger charge is 2.09. The number of nitrogens with one attached hydrogen (secondary N) is 1. The molecular formula is C14H23NO3S. The molecule has 0 radical (unpaired) electrons. The molecule has 0 fully saturated rings. The molecule has 108 valence electrons. The SMILES string of the molecule is CCS(=O)(=O)CCCNC(CO)Cc1ccccc1. The van der Waals surface area contributed by atoms with Crippen molar-refractivity contribution in [2.24, 2.45) is 0 Å².